The van der Waals surface area contributed by atoms with Gasteiger partial charge < -0.3 is 4.57 Å². The van der Waals surface area contributed by atoms with Crippen molar-refractivity contribution in [3.05, 3.63) is 63.6 Å². The fraction of sp³-hybridized carbons (Fsp3) is 0.429. The van der Waals surface area contributed by atoms with Crippen LogP contribution in [0.4, 0.5) is 4.39 Å². The Hall–Kier alpha value is -2.10. The molecule has 30 heavy (non-hydrogen) atoms. The molecule has 0 amide bonds. The molecule has 0 spiro atoms. The minimum absolute atomic E-state index is 0.0260. The van der Waals surface area contributed by atoms with E-state index in [2.05, 4.69) is 21.8 Å². The van der Waals surface area contributed by atoms with Gasteiger partial charge in [0.15, 0.2) is 0 Å². The van der Waals surface area contributed by atoms with Gasteiger partial charge in [0.05, 0.1) is 29.7 Å². The SMILES string of the molecule is Cc1csc([C@@H](C)N(C)Cc2cnc(S(=O)(=O)C(C)C)n2Cc2ccccc2F)n1. The molecule has 0 saturated heterocycles. The molecule has 2 aromatic heterocycles. The number of rotatable bonds is 8. The van der Waals surface area contributed by atoms with Crippen molar-refractivity contribution in [1.82, 2.24) is 19.4 Å². The lowest BCUT2D eigenvalue weighted by molar-refractivity contribution is 0.245. The predicted molar refractivity (Wildman–Crippen MR) is 117 cm³/mol. The molecule has 0 unspecified atom stereocenters. The molecule has 0 aliphatic carbocycles. The van der Waals surface area contributed by atoms with Crippen LogP contribution in [0.25, 0.3) is 0 Å². The monoisotopic (exact) mass is 450 g/mol. The number of aryl methyl sites for hydroxylation is 1. The Morgan fingerprint density at radius 2 is 1.93 bits per heavy atom. The summed E-state index contributed by atoms with van der Waals surface area (Å²) in [5.74, 6) is -0.370. The van der Waals surface area contributed by atoms with Crippen molar-refractivity contribution in [2.45, 2.75) is 57.2 Å². The number of hydrogen-bond donors (Lipinski definition) is 0. The summed E-state index contributed by atoms with van der Waals surface area (Å²) >= 11 is 1.60. The Bertz CT molecular complexity index is 1120. The standard InChI is InChI=1S/C21H27FN4O2S2/c1-14(2)30(27,28)21-23-10-18(26(21)11-17-8-6-7-9-19(17)22)12-25(5)16(4)20-24-15(3)13-29-20/h6-10,13-14,16H,11-12H2,1-5H3/t16-/m1/s1. The molecule has 1 aromatic carbocycles. The van der Waals surface area contributed by atoms with Crippen LogP contribution >= 0.6 is 11.3 Å². The van der Waals surface area contributed by atoms with Gasteiger partial charge in [-0.05, 0) is 40.8 Å². The molecule has 0 fully saturated rings. The molecule has 0 N–H and O–H groups in total. The first-order chi connectivity index (χ1) is 14.1. The Kier molecular flexibility index (Phi) is 6.74. The van der Waals surface area contributed by atoms with Crippen molar-refractivity contribution in [3.63, 3.8) is 0 Å². The van der Waals surface area contributed by atoms with E-state index in [4.69, 9.17) is 0 Å². The number of sulfone groups is 1. The number of nitrogens with zero attached hydrogens (tertiary/aromatic N) is 4. The predicted octanol–water partition coefficient (Wildman–Crippen LogP) is 4.21. The van der Waals surface area contributed by atoms with Gasteiger partial charge in [-0.2, -0.15) is 0 Å². The summed E-state index contributed by atoms with van der Waals surface area (Å²) < 4.78 is 41.7. The highest BCUT2D eigenvalue weighted by molar-refractivity contribution is 7.91. The van der Waals surface area contributed by atoms with Crippen LogP contribution in [0, 0.1) is 12.7 Å². The fourth-order valence-electron chi connectivity index (χ4n) is 3.07. The molecule has 0 saturated carbocycles. The first kappa shape index (κ1) is 22.6. The van der Waals surface area contributed by atoms with Gasteiger partial charge in [0.25, 0.3) is 0 Å². The molecule has 162 valence electrons. The zero-order chi connectivity index (χ0) is 22.1. The largest absolute Gasteiger partial charge is 0.313 e. The van der Waals surface area contributed by atoms with Gasteiger partial charge >= 0.3 is 0 Å². The minimum Gasteiger partial charge on any atom is -0.313 e. The second kappa shape index (κ2) is 8.95. The van der Waals surface area contributed by atoms with E-state index in [1.165, 1.54) is 6.07 Å². The van der Waals surface area contributed by atoms with E-state index in [0.717, 1.165) is 10.7 Å². The van der Waals surface area contributed by atoms with Gasteiger partial charge in [-0.15, -0.1) is 11.3 Å². The molecule has 0 bridgehead atoms. The Labute approximate surface area is 181 Å². The molecule has 6 nitrogen and oxygen atoms in total. The number of halogens is 1. The number of imidazole rings is 1. The molecule has 2 heterocycles. The smallest absolute Gasteiger partial charge is 0.228 e. The fourth-order valence-corrected chi connectivity index (χ4v) is 5.10. The van der Waals surface area contributed by atoms with Crippen molar-refractivity contribution < 1.29 is 12.8 Å². The molecular weight excluding hydrogens is 423 g/mol. The van der Waals surface area contributed by atoms with E-state index in [1.54, 1.807) is 54.1 Å². The Balaban J connectivity index is 1.97. The van der Waals surface area contributed by atoms with E-state index in [-0.39, 0.29) is 23.6 Å². The van der Waals surface area contributed by atoms with Crippen molar-refractivity contribution in [1.29, 1.82) is 0 Å². The molecule has 0 aliphatic rings. The zero-order valence-corrected chi connectivity index (χ0v) is 19.5. The van der Waals surface area contributed by atoms with Gasteiger partial charge in [0.2, 0.25) is 15.0 Å². The quantitative estimate of drug-likeness (QED) is 0.514. The van der Waals surface area contributed by atoms with Crippen LogP contribution in [-0.2, 0) is 22.9 Å². The van der Waals surface area contributed by atoms with Crippen LogP contribution < -0.4 is 0 Å². The first-order valence-electron chi connectivity index (χ1n) is 9.75. The van der Waals surface area contributed by atoms with Gasteiger partial charge in [-0.25, -0.2) is 22.8 Å². The van der Waals surface area contributed by atoms with Gasteiger partial charge in [0, 0.05) is 23.2 Å². The van der Waals surface area contributed by atoms with Gasteiger partial charge in [-0.3, -0.25) is 4.90 Å². The molecule has 9 heteroatoms. The van der Waals surface area contributed by atoms with Crippen LogP contribution in [0.3, 0.4) is 0 Å². The van der Waals surface area contributed by atoms with Crippen LogP contribution in [-0.4, -0.2) is 40.2 Å². The summed E-state index contributed by atoms with van der Waals surface area (Å²) in [6, 6.07) is 6.44. The average molecular weight is 451 g/mol. The van der Waals surface area contributed by atoms with E-state index in [1.807, 2.05) is 19.4 Å². The average Bonchev–Trinajstić information content (AvgIpc) is 3.29. The second-order valence-electron chi connectivity index (χ2n) is 7.72. The third-order valence-electron chi connectivity index (χ3n) is 5.13. The molecule has 1 atom stereocenters. The van der Waals surface area contributed by atoms with Crippen LogP contribution in [0.1, 0.15) is 48.8 Å². The lowest BCUT2D eigenvalue weighted by Gasteiger charge is -2.24. The van der Waals surface area contributed by atoms with Crippen LogP contribution in [0.2, 0.25) is 0 Å². The highest BCUT2D eigenvalue weighted by Gasteiger charge is 2.28. The molecule has 3 aromatic rings. The van der Waals surface area contributed by atoms with Crippen molar-refractivity contribution in [2.75, 3.05) is 7.05 Å². The summed E-state index contributed by atoms with van der Waals surface area (Å²) in [5, 5.41) is 2.35. The minimum atomic E-state index is -3.62. The molecule has 0 aliphatic heterocycles. The number of benzene rings is 1. The molecule has 0 radical (unpaired) electrons. The highest BCUT2D eigenvalue weighted by Crippen LogP contribution is 2.26. The molecule has 3 rings (SSSR count). The number of aromatic nitrogens is 3. The lowest BCUT2D eigenvalue weighted by atomic mass is 10.2. The van der Waals surface area contributed by atoms with E-state index in [0.29, 0.717) is 17.8 Å². The maximum Gasteiger partial charge on any atom is 0.228 e. The summed E-state index contributed by atoms with van der Waals surface area (Å²) in [4.78, 5) is 10.9. The second-order valence-corrected chi connectivity index (χ2v) is 11.0. The van der Waals surface area contributed by atoms with Crippen LogP contribution in [0.15, 0.2) is 41.0 Å². The van der Waals surface area contributed by atoms with Crippen LogP contribution in [0.5, 0.6) is 0 Å². The zero-order valence-electron chi connectivity index (χ0n) is 17.8. The van der Waals surface area contributed by atoms with Crippen molar-refractivity contribution in [2.24, 2.45) is 0 Å². The maximum atomic E-state index is 14.3. The lowest BCUT2D eigenvalue weighted by Crippen LogP contribution is -2.25. The normalized spacial score (nSPS) is 13.3. The topological polar surface area (TPSA) is 68.1 Å². The summed E-state index contributed by atoms with van der Waals surface area (Å²) in [5.41, 5.74) is 2.11. The van der Waals surface area contributed by atoms with E-state index < -0.39 is 15.1 Å². The van der Waals surface area contributed by atoms with Gasteiger partial charge in [0.1, 0.15) is 10.8 Å². The van der Waals surface area contributed by atoms with Crippen molar-refractivity contribution >= 4 is 21.2 Å². The molecular formula is C21H27FN4O2S2. The maximum absolute atomic E-state index is 14.3. The summed E-state index contributed by atoms with van der Waals surface area (Å²) in [6.45, 7) is 7.81. The number of hydrogen-bond acceptors (Lipinski definition) is 6. The number of thiazole rings is 1. The summed E-state index contributed by atoms with van der Waals surface area (Å²) in [7, 11) is -1.67. The van der Waals surface area contributed by atoms with Gasteiger partial charge in [-0.1, -0.05) is 18.2 Å². The Morgan fingerprint density at radius 1 is 1.23 bits per heavy atom. The third-order valence-corrected chi connectivity index (χ3v) is 8.34. The Morgan fingerprint density at radius 3 is 2.53 bits per heavy atom. The highest BCUT2D eigenvalue weighted by atomic mass is 32.2. The van der Waals surface area contributed by atoms with E-state index >= 15 is 0 Å². The first-order valence-corrected chi connectivity index (χ1v) is 12.2. The van der Waals surface area contributed by atoms with Crippen molar-refractivity contribution in [3.8, 4) is 0 Å². The van der Waals surface area contributed by atoms with E-state index in [9.17, 15) is 12.8 Å². The third kappa shape index (κ3) is 4.63. The summed E-state index contributed by atoms with van der Waals surface area (Å²) in [6.07, 6.45) is 1.58.